The van der Waals surface area contributed by atoms with Gasteiger partial charge in [0.05, 0.1) is 0 Å². The van der Waals surface area contributed by atoms with E-state index >= 15 is 0 Å². The van der Waals surface area contributed by atoms with Crippen LogP contribution in [0.4, 0.5) is 0 Å². The Balaban J connectivity index is 2.51. The first kappa shape index (κ1) is 11.5. The number of aliphatic carboxylic acids is 1. The molecule has 0 saturated heterocycles. The quantitative estimate of drug-likeness (QED) is 0.768. The van der Waals surface area contributed by atoms with Gasteiger partial charge in [0.25, 0.3) is 0 Å². The number of aliphatic hydroxyl groups is 1. The Morgan fingerprint density at radius 1 is 1.41 bits per heavy atom. The minimum absolute atomic E-state index is 0.0262. The lowest BCUT2D eigenvalue weighted by molar-refractivity contribution is -0.131. The number of carbonyl (C=O) groups is 1. The van der Waals surface area contributed by atoms with Gasteiger partial charge in [0, 0.05) is 17.6 Å². The van der Waals surface area contributed by atoms with E-state index in [0.717, 1.165) is 23.6 Å². The molecule has 1 unspecified atom stereocenters. The zero-order valence-corrected chi connectivity index (χ0v) is 9.55. The molecule has 0 heterocycles. The number of carboxylic acid groups (broad SMARTS) is 1. The molecule has 0 bridgehead atoms. The molecule has 0 spiro atoms. The van der Waals surface area contributed by atoms with Crippen molar-refractivity contribution in [3.05, 3.63) is 53.3 Å². The lowest BCUT2D eigenvalue weighted by Gasteiger charge is -2.23. The van der Waals surface area contributed by atoms with Crippen LogP contribution in [0.25, 0.3) is 5.57 Å². The van der Waals surface area contributed by atoms with Gasteiger partial charge in [-0.15, -0.1) is 0 Å². The first-order valence-corrected chi connectivity index (χ1v) is 5.52. The van der Waals surface area contributed by atoms with E-state index in [1.54, 1.807) is 0 Å². The van der Waals surface area contributed by atoms with Crippen molar-refractivity contribution in [2.45, 2.75) is 13.3 Å². The lowest BCUT2D eigenvalue weighted by Crippen LogP contribution is -2.13. The fourth-order valence-corrected chi connectivity index (χ4v) is 2.12. The average Bonchev–Trinajstić information content (AvgIpc) is 2.29. The van der Waals surface area contributed by atoms with E-state index in [1.807, 2.05) is 31.2 Å². The number of hydrogen-bond acceptors (Lipinski definition) is 2. The van der Waals surface area contributed by atoms with Gasteiger partial charge >= 0.3 is 5.97 Å². The highest BCUT2D eigenvalue weighted by Gasteiger charge is 2.22. The molecule has 2 N–H and O–H groups in total. The highest BCUT2D eigenvalue weighted by Crippen LogP contribution is 2.33. The monoisotopic (exact) mass is 230 g/mol. The number of fused-ring (bicyclic) bond motifs is 1. The van der Waals surface area contributed by atoms with Crippen molar-refractivity contribution < 1.29 is 15.0 Å². The highest BCUT2D eigenvalue weighted by atomic mass is 16.4. The molecule has 88 valence electrons. The standard InChI is InChI=1S/C14H14O3/c1-9-8-10-4-2-3-5-11(10)12(14(9)17)6-7-13(15)16/h2-7,9,17H,8H2,1H3,(H,15,16)/b7-6+. The van der Waals surface area contributed by atoms with Crippen molar-refractivity contribution in [3.63, 3.8) is 0 Å². The zero-order valence-electron chi connectivity index (χ0n) is 9.55. The number of rotatable bonds is 2. The molecule has 1 aliphatic carbocycles. The van der Waals surface area contributed by atoms with E-state index in [1.165, 1.54) is 6.08 Å². The topological polar surface area (TPSA) is 57.5 Å². The third-order valence-electron chi connectivity index (χ3n) is 2.97. The number of allylic oxidation sites excluding steroid dienone is 3. The molecular formula is C14H14O3. The minimum Gasteiger partial charge on any atom is -0.511 e. The maximum atomic E-state index is 10.6. The van der Waals surface area contributed by atoms with E-state index in [0.29, 0.717) is 5.57 Å². The van der Waals surface area contributed by atoms with Gasteiger partial charge in [0.15, 0.2) is 0 Å². The molecule has 0 saturated carbocycles. The van der Waals surface area contributed by atoms with Gasteiger partial charge in [-0.2, -0.15) is 0 Å². The van der Waals surface area contributed by atoms with Crippen molar-refractivity contribution in [1.29, 1.82) is 0 Å². The Morgan fingerprint density at radius 2 is 2.12 bits per heavy atom. The Morgan fingerprint density at radius 3 is 2.82 bits per heavy atom. The van der Waals surface area contributed by atoms with Crippen molar-refractivity contribution >= 4 is 11.5 Å². The van der Waals surface area contributed by atoms with Crippen LogP contribution in [0.3, 0.4) is 0 Å². The molecule has 1 aromatic carbocycles. The predicted octanol–water partition coefficient (Wildman–Crippen LogP) is 2.79. The van der Waals surface area contributed by atoms with Crippen molar-refractivity contribution in [2.75, 3.05) is 0 Å². The summed E-state index contributed by atoms with van der Waals surface area (Å²) in [5, 5.41) is 18.7. The highest BCUT2D eigenvalue weighted by molar-refractivity contribution is 5.87. The number of benzene rings is 1. The number of hydrogen-bond donors (Lipinski definition) is 2. The first-order chi connectivity index (χ1) is 8.09. The maximum Gasteiger partial charge on any atom is 0.328 e. The van der Waals surface area contributed by atoms with Crippen LogP contribution < -0.4 is 0 Å². The molecule has 1 aliphatic rings. The van der Waals surface area contributed by atoms with Gasteiger partial charge in [-0.25, -0.2) is 4.79 Å². The summed E-state index contributed by atoms with van der Waals surface area (Å²) in [6.07, 6.45) is 3.30. The largest absolute Gasteiger partial charge is 0.511 e. The van der Waals surface area contributed by atoms with Crippen molar-refractivity contribution in [1.82, 2.24) is 0 Å². The molecule has 1 atom stereocenters. The van der Waals surface area contributed by atoms with Crippen LogP contribution in [0.2, 0.25) is 0 Å². The Labute approximate surface area is 99.7 Å². The molecular weight excluding hydrogens is 216 g/mol. The summed E-state index contributed by atoms with van der Waals surface area (Å²) >= 11 is 0. The summed E-state index contributed by atoms with van der Waals surface area (Å²) in [5.74, 6) is -0.722. The summed E-state index contributed by atoms with van der Waals surface area (Å²) in [6, 6.07) is 7.75. The predicted molar refractivity (Wildman–Crippen MR) is 65.6 cm³/mol. The summed E-state index contributed by atoms with van der Waals surface area (Å²) in [6.45, 7) is 1.93. The van der Waals surface area contributed by atoms with Crippen LogP contribution in [0.15, 0.2) is 42.2 Å². The van der Waals surface area contributed by atoms with Crippen LogP contribution in [0.1, 0.15) is 18.1 Å². The number of carboxylic acids is 1. The van der Waals surface area contributed by atoms with E-state index in [9.17, 15) is 9.90 Å². The normalized spacial score (nSPS) is 19.5. The Bertz CT molecular complexity index is 512. The molecule has 1 aromatic rings. The van der Waals surface area contributed by atoms with E-state index in [-0.39, 0.29) is 11.7 Å². The van der Waals surface area contributed by atoms with Crippen LogP contribution in [0, 0.1) is 5.92 Å². The molecule has 2 rings (SSSR count). The third kappa shape index (κ3) is 2.23. The second kappa shape index (κ2) is 4.45. The van der Waals surface area contributed by atoms with Gasteiger partial charge in [-0.3, -0.25) is 0 Å². The summed E-state index contributed by atoms with van der Waals surface area (Å²) in [7, 11) is 0. The smallest absolute Gasteiger partial charge is 0.328 e. The van der Waals surface area contributed by atoms with Crippen molar-refractivity contribution in [3.8, 4) is 0 Å². The molecule has 17 heavy (non-hydrogen) atoms. The molecule has 0 fully saturated rings. The summed E-state index contributed by atoms with van der Waals surface area (Å²) in [5.41, 5.74) is 2.67. The fraction of sp³-hybridized carbons (Fsp3) is 0.214. The van der Waals surface area contributed by atoms with Gasteiger partial charge in [-0.1, -0.05) is 31.2 Å². The molecule has 3 nitrogen and oxygen atoms in total. The summed E-state index contributed by atoms with van der Waals surface area (Å²) in [4.78, 5) is 10.6. The molecule has 0 radical (unpaired) electrons. The van der Waals surface area contributed by atoms with Gasteiger partial charge in [0.2, 0.25) is 0 Å². The van der Waals surface area contributed by atoms with Crippen molar-refractivity contribution in [2.24, 2.45) is 5.92 Å². The zero-order chi connectivity index (χ0) is 12.4. The summed E-state index contributed by atoms with van der Waals surface area (Å²) < 4.78 is 0. The van der Waals surface area contributed by atoms with Crippen LogP contribution in [-0.4, -0.2) is 16.2 Å². The maximum absolute atomic E-state index is 10.6. The second-order valence-electron chi connectivity index (χ2n) is 4.23. The third-order valence-corrected chi connectivity index (χ3v) is 2.97. The van der Waals surface area contributed by atoms with Crippen LogP contribution in [0.5, 0.6) is 0 Å². The minimum atomic E-state index is -1.01. The Kier molecular flexibility index (Phi) is 3.00. The van der Waals surface area contributed by atoms with E-state index in [4.69, 9.17) is 5.11 Å². The molecule has 0 amide bonds. The van der Waals surface area contributed by atoms with Gasteiger partial charge < -0.3 is 10.2 Å². The van der Waals surface area contributed by atoms with Gasteiger partial charge in [-0.05, 0) is 23.6 Å². The van der Waals surface area contributed by atoms with Crippen LogP contribution >= 0.6 is 0 Å². The average molecular weight is 230 g/mol. The molecule has 0 aromatic heterocycles. The van der Waals surface area contributed by atoms with E-state index in [2.05, 4.69) is 0 Å². The molecule has 0 aliphatic heterocycles. The Hall–Kier alpha value is -2.03. The number of aliphatic hydroxyl groups excluding tert-OH is 1. The fourth-order valence-electron chi connectivity index (χ4n) is 2.12. The lowest BCUT2D eigenvalue weighted by atomic mass is 9.84. The molecule has 3 heteroatoms. The second-order valence-corrected chi connectivity index (χ2v) is 4.23. The SMILES string of the molecule is CC1Cc2ccccc2C(/C=C/C(=O)O)=C1O. The van der Waals surface area contributed by atoms with E-state index < -0.39 is 5.97 Å². The van der Waals surface area contributed by atoms with Gasteiger partial charge in [0.1, 0.15) is 5.76 Å². The van der Waals surface area contributed by atoms with Crippen LogP contribution in [-0.2, 0) is 11.2 Å². The first-order valence-electron chi connectivity index (χ1n) is 5.52.